The fourth-order valence-corrected chi connectivity index (χ4v) is 3.79. The van der Waals surface area contributed by atoms with E-state index in [9.17, 15) is 54.9 Å². The van der Waals surface area contributed by atoms with Crippen LogP contribution in [0.4, 0.5) is 51.3 Å². The number of hydrogen-bond acceptors (Lipinski definition) is 5. The minimum Gasteiger partial charge on any atom is -0.407 e. The largest absolute Gasteiger partial charge is 0.420 e. The molecule has 7 nitrogen and oxygen atoms in total. The Labute approximate surface area is 213 Å². The summed E-state index contributed by atoms with van der Waals surface area (Å²) in [7, 11) is 0. The highest BCUT2D eigenvalue weighted by Gasteiger charge is 2.46. The molecule has 16 heteroatoms. The van der Waals surface area contributed by atoms with Gasteiger partial charge in [0.15, 0.2) is 11.9 Å². The third kappa shape index (κ3) is 5.63. The lowest BCUT2D eigenvalue weighted by molar-refractivity contribution is -0.143. The summed E-state index contributed by atoms with van der Waals surface area (Å²) in [5.41, 5.74) is -6.01. The molecule has 0 radical (unpaired) electrons. The molecule has 208 valence electrons. The molecule has 0 unspecified atom stereocenters. The van der Waals surface area contributed by atoms with E-state index in [1.165, 1.54) is 13.8 Å². The van der Waals surface area contributed by atoms with Crippen molar-refractivity contribution in [1.29, 1.82) is 0 Å². The Bertz CT molecular complexity index is 1270. The fourth-order valence-electron chi connectivity index (χ4n) is 3.63. The van der Waals surface area contributed by atoms with Gasteiger partial charge in [-0.15, -0.1) is 0 Å². The molecular formula is C22H17ClF8N2O5. The summed E-state index contributed by atoms with van der Waals surface area (Å²) < 4.78 is 115. The number of alkyl halides is 6. The molecule has 0 bridgehead atoms. The first-order chi connectivity index (χ1) is 17.3. The van der Waals surface area contributed by atoms with E-state index in [1.54, 1.807) is 0 Å². The van der Waals surface area contributed by atoms with Crippen molar-refractivity contribution in [3.63, 3.8) is 0 Å². The van der Waals surface area contributed by atoms with Crippen molar-refractivity contribution in [2.45, 2.75) is 44.4 Å². The van der Waals surface area contributed by atoms with Gasteiger partial charge in [-0.3, -0.25) is 9.69 Å². The maximum absolute atomic E-state index is 14.5. The van der Waals surface area contributed by atoms with Crippen molar-refractivity contribution in [2.24, 2.45) is 0 Å². The van der Waals surface area contributed by atoms with E-state index in [-0.39, 0.29) is 23.1 Å². The Hall–Kier alpha value is -3.17. The number of anilines is 2. The van der Waals surface area contributed by atoms with Gasteiger partial charge in [0.2, 0.25) is 0 Å². The minimum atomic E-state index is -5.58. The number of ether oxygens (including phenoxy) is 1. The zero-order chi connectivity index (χ0) is 28.9. The van der Waals surface area contributed by atoms with Gasteiger partial charge >= 0.3 is 18.4 Å². The van der Waals surface area contributed by atoms with E-state index in [0.717, 1.165) is 0 Å². The highest BCUT2D eigenvalue weighted by molar-refractivity contribution is 6.31. The molecule has 2 amide bonds. The second-order valence-corrected chi connectivity index (χ2v) is 8.79. The molecule has 0 aromatic heterocycles. The molecule has 1 heterocycles. The lowest BCUT2D eigenvalue weighted by atomic mass is 10.1. The SMILES string of the molecule is CC(C)N(C(=O)Oc1c(N2C[C@H](O)[C@H](O)C2=O)cc(C(F)(F)F)cc1C(F)(F)F)c1cc(Cl)c(F)cc1F. The van der Waals surface area contributed by atoms with Crippen LogP contribution in [0.1, 0.15) is 25.0 Å². The van der Waals surface area contributed by atoms with Crippen LogP contribution >= 0.6 is 11.6 Å². The topological polar surface area (TPSA) is 90.3 Å². The number of carbonyl (C=O) groups is 2. The van der Waals surface area contributed by atoms with Crippen LogP contribution in [0.25, 0.3) is 0 Å². The number of rotatable bonds is 4. The summed E-state index contributed by atoms with van der Waals surface area (Å²) in [6, 6.07) is -0.452. The van der Waals surface area contributed by atoms with Crippen LogP contribution in [0.2, 0.25) is 5.02 Å². The molecule has 1 aliphatic heterocycles. The predicted molar refractivity (Wildman–Crippen MR) is 116 cm³/mol. The molecule has 2 N–H and O–H groups in total. The molecule has 0 saturated carbocycles. The minimum absolute atomic E-state index is 0.0651. The van der Waals surface area contributed by atoms with Crippen molar-refractivity contribution in [1.82, 2.24) is 0 Å². The lowest BCUT2D eigenvalue weighted by Crippen LogP contribution is -2.40. The Balaban J connectivity index is 2.24. The van der Waals surface area contributed by atoms with E-state index in [4.69, 9.17) is 16.3 Å². The molecule has 0 aliphatic carbocycles. The van der Waals surface area contributed by atoms with Crippen molar-refractivity contribution < 1.29 is 59.7 Å². The Morgan fingerprint density at radius 2 is 1.66 bits per heavy atom. The molecule has 1 saturated heterocycles. The molecular weight excluding hydrogens is 560 g/mol. The molecule has 3 rings (SSSR count). The van der Waals surface area contributed by atoms with E-state index in [2.05, 4.69) is 0 Å². The Morgan fingerprint density at radius 1 is 1.05 bits per heavy atom. The second kappa shape index (κ2) is 10.2. The third-order valence-corrected chi connectivity index (χ3v) is 5.69. The highest BCUT2D eigenvalue weighted by atomic mass is 35.5. The van der Waals surface area contributed by atoms with Gasteiger partial charge in [0.25, 0.3) is 5.91 Å². The zero-order valence-corrected chi connectivity index (χ0v) is 19.9. The van der Waals surface area contributed by atoms with Gasteiger partial charge in [0.05, 0.1) is 28.5 Å². The van der Waals surface area contributed by atoms with Crippen molar-refractivity contribution in [3.8, 4) is 5.75 Å². The monoisotopic (exact) mass is 576 g/mol. The second-order valence-electron chi connectivity index (χ2n) is 8.38. The summed E-state index contributed by atoms with van der Waals surface area (Å²) in [4.78, 5) is 26.0. The Kier molecular flexibility index (Phi) is 7.88. The number of amides is 2. The molecule has 2 atom stereocenters. The van der Waals surface area contributed by atoms with Gasteiger partial charge in [-0.1, -0.05) is 11.6 Å². The predicted octanol–water partition coefficient (Wildman–Crippen LogP) is 5.14. The number of aliphatic hydroxyl groups is 2. The van der Waals surface area contributed by atoms with Crippen molar-refractivity contribution in [3.05, 3.63) is 52.0 Å². The zero-order valence-electron chi connectivity index (χ0n) is 19.2. The van der Waals surface area contributed by atoms with E-state index < -0.39 is 94.1 Å². The average molecular weight is 577 g/mol. The number of hydrogen-bond donors (Lipinski definition) is 2. The first kappa shape index (κ1) is 29.4. The summed E-state index contributed by atoms with van der Waals surface area (Å²) in [6.07, 6.45) is -16.8. The van der Waals surface area contributed by atoms with Crippen LogP contribution in [0.5, 0.6) is 5.75 Å². The first-order valence-electron chi connectivity index (χ1n) is 10.5. The molecule has 38 heavy (non-hydrogen) atoms. The van der Waals surface area contributed by atoms with Crippen molar-refractivity contribution in [2.75, 3.05) is 16.3 Å². The number of benzene rings is 2. The van der Waals surface area contributed by atoms with Gasteiger partial charge < -0.3 is 19.8 Å². The van der Waals surface area contributed by atoms with Gasteiger partial charge in [-0.25, -0.2) is 13.6 Å². The van der Waals surface area contributed by atoms with Gasteiger partial charge in [0.1, 0.15) is 23.3 Å². The maximum atomic E-state index is 14.5. The normalized spacial score (nSPS) is 18.4. The number of carbonyl (C=O) groups excluding carboxylic acids is 2. The molecule has 1 aliphatic rings. The summed E-state index contributed by atoms with van der Waals surface area (Å²) in [5, 5.41) is 18.8. The molecule has 0 spiro atoms. The van der Waals surface area contributed by atoms with Crippen LogP contribution in [0, 0.1) is 11.6 Å². The molecule has 2 aromatic carbocycles. The van der Waals surface area contributed by atoms with Crippen LogP contribution in [0.3, 0.4) is 0 Å². The summed E-state index contributed by atoms with van der Waals surface area (Å²) in [5.74, 6) is -5.66. The van der Waals surface area contributed by atoms with Gasteiger partial charge in [0, 0.05) is 12.1 Å². The quantitative estimate of drug-likeness (QED) is 0.389. The standard InChI is InChI=1S/C22H17ClF8N2O5/c1-8(2)33(14-5-11(23)12(24)6-13(14)25)20(37)38-18-10(22(29,30)31)3-9(21(26,27)28)4-15(18)32-7-16(34)17(35)19(32)36/h3-6,8,16-17,34-35H,7H2,1-2H3/t16-,17-/m0/s1. The average Bonchev–Trinajstić information content (AvgIpc) is 3.02. The number of nitrogens with zero attached hydrogens (tertiary/aromatic N) is 2. The van der Waals surface area contributed by atoms with E-state index in [0.29, 0.717) is 11.0 Å². The number of aliphatic hydroxyl groups excluding tert-OH is 2. The fraction of sp³-hybridized carbons (Fsp3) is 0.364. The van der Waals surface area contributed by atoms with Crippen LogP contribution < -0.4 is 14.5 Å². The third-order valence-electron chi connectivity index (χ3n) is 5.40. The lowest BCUT2D eigenvalue weighted by Gasteiger charge is -2.29. The van der Waals surface area contributed by atoms with Crippen LogP contribution in [-0.4, -0.2) is 47.0 Å². The van der Waals surface area contributed by atoms with Crippen molar-refractivity contribution >= 4 is 35.0 Å². The number of β-amino-alcohol motifs (C(OH)–C–C–N with tert-alkyl or cyclic N) is 1. The highest BCUT2D eigenvalue weighted by Crippen LogP contribution is 2.47. The molecule has 1 fully saturated rings. The Morgan fingerprint density at radius 3 is 2.13 bits per heavy atom. The van der Waals surface area contributed by atoms with Crippen LogP contribution in [0.15, 0.2) is 24.3 Å². The van der Waals surface area contributed by atoms with E-state index >= 15 is 0 Å². The van der Waals surface area contributed by atoms with E-state index in [1.807, 2.05) is 0 Å². The van der Waals surface area contributed by atoms with Gasteiger partial charge in [-0.2, -0.15) is 26.3 Å². The summed E-state index contributed by atoms with van der Waals surface area (Å²) >= 11 is 5.63. The van der Waals surface area contributed by atoms with Gasteiger partial charge in [-0.05, 0) is 32.0 Å². The molecule has 2 aromatic rings. The van der Waals surface area contributed by atoms with Crippen LogP contribution in [-0.2, 0) is 17.1 Å². The smallest absolute Gasteiger partial charge is 0.407 e. The summed E-state index contributed by atoms with van der Waals surface area (Å²) in [6.45, 7) is 1.57. The number of halogens is 9. The first-order valence-corrected chi connectivity index (χ1v) is 10.9. The maximum Gasteiger partial charge on any atom is 0.420 e.